The molecule has 3 aromatic rings. The van der Waals surface area contributed by atoms with Gasteiger partial charge in [0.25, 0.3) is 0 Å². The number of hydrogen-bond donors (Lipinski definition) is 0. The second-order valence-electron chi connectivity index (χ2n) is 5.36. The van der Waals surface area contributed by atoms with E-state index >= 15 is 0 Å². The SMILES string of the molecule is COC(=O)c1ccc2c(Cl)cnc(-c3c(C)cccc3OC)c2c1. The number of carbonyl (C=O) groups excluding carboxylic acids is 1. The zero-order valence-electron chi connectivity index (χ0n) is 13.6. The van der Waals surface area contributed by atoms with Gasteiger partial charge < -0.3 is 9.47 Å². The Labute approximate surface area is 145 Å². The van der Waals surface area contributed by atoms with E-state index in [1.165, 1.54) is 7.11 Å². The average Bonchev–Trinajstić information content (AvgIpc) is 2.61. The molecular formula is C19H16ClNO3. The third-order valence-electron chi connectivity index (χ3n) is 3.95. The molecular weight excluding hydrogens is 326 g/mol. The zero-order valence-corrected chi connectivity index (χ0v) is 14.3. The van der Waals surface area contributed by atoms with Crippen LogP contribution < -0.4 is 4.74 Å². The van der Waals surface area contributed by atoms with E-state index in [4.69, 9.17) is 21.1 Å². The van der Waals surface area contributed by atoms with E-state index in [1.807, 2.05) is 25.1 Å². The second-order valence-corrected chi connectivity index (χ2v) is 5.77. The van der Waals surface area contributed by atoms with Gasteiger partial charge in [-0.05, 0) is 30.7 Å². The molecule has 0 saturated carbocycles. The molecule has 3 rings (SSSR count). The molecule has 0 aliphatic heterocycles. The van der Waals surface area contributed by atoms with Crippen LogP contribution in [0.1, 0.15) is 15.9 Å². The lowest BCUT2D eigenvalue weighted by atomic mass is 9.98. The molecule has 0 unspecified atom stereocenters. The van der Waals surface area contributed by atoms with Crippen molar-refractivity contribution in [1.29, 1.82) is 0 Å². The number of benzene rings is 2. The number of carbonyl (C=O) groups is 1. The highest BCUT2D eigenvalue weighted by Crippen LogP contribution is 2.38. The largest absolute Gasteiger partial charge is 0.496 e. The number of pyridine rings is 1. The second kappa shape index (κ2) is 6.49. The van der Waals surface area contributed by atoms with Crippen LogP contribution in [0.25, 0.3) is 22.0 Å². The minimum Gasteiger partial charge on any atom is -0.496 e. The Morgan fingerprint density at radius 3 is 2.62 bits per heavy atom. The summed E-state index contributed by atoms with van der Waals surface area (Å²) in [6.45, 7) is 1.99. The fraction of sp³-hybridized carbons (Fsp3) is 0.158. The Morgan fingerprint density at radius 1 is 1.12 bits per heavy atom. The van der Waals surface area contributed by atoms with Gasteiger partial charge in [0, 0.05) is 22.5 Å². The van der Waals surface area contributed by atoms with Gasteiger partial charge in [0.15, 0.2) is 0 Å². The van der Waals surface area contributed by atoms with Crippen molar-refractivity contribution in [1.82, 2.24) is 4.98 Å². The summed E-state index contributed by atoms with van der Waals surface area (Å²) >= 11 is 6.29. The minimum absolute atomic E-state index is 0.403. The molecule has 0 amide bonds. The molecule has 0 bridgehead atoms. The maximum absolute atomic E-state index is 11.9. The van der Waals surface area contributed by atoms with Crippen LogP contribution in [0.4, 0.5) is 0 Å². The van der Waals surface area contributed by atoms with Crippen LogP contribution in [0.2, 0.25) is 5.02 Å². The number of esters is 1. The van der Waals surface area contributed by atoms with Gasteiger partial charge in [-0.15, -0.1) is 0 Å². The maximum Gasteiger partial charge on any atom is 0.337 e. The van der Waals surface area contributed by atoms with Crippen LogP contribution in [0.15, 0.2) is 42.6 Å². The van der Waals surface area contributed by atoms with Crippen LogP contribution in [-0.2, 0) is 4.74 Å². The molecule has 24 heavy (non-hydrogen) atoms. The van der Waals surface area contributed by atoms with Crippen LogP contribution in [0.5, 0.6) is 5.75 Å². The summed E-state index contributed by atoms with van der Waals surface area (Å²) in [5.74, 6) is 0.314. The number of aromatic nitrogens is 1. The van der Waals surface area contributed by atoms with Gasteiger partial charge in [-0.2, -0.15) is 0 Å². The number of nitrogens with zero attached hydrogens (tertiary/aromatic N) is 1. The van der Waals surface area contributed by atoms with Crippen LogP contribution in [0.3, 0.4) is 0 Å². The number of fused-ring (bicyclic) bond motifs is 1. The Hall–Kier alpha value is -2.59. The van der Waals surface area contributed by atoms with Crippen LogP contribution >= 0.6 is 11.6 Å². The molecule has 4 nitrogen and oxygen atoms in total. The summed E-state index contributed by atoms with van der Waals surface area (Å²) in [5.41, 5.74) is 3.07. The molecule has 0 N–H and O–H groups in total. The number of methoxy groups -OCH3 is 2. The standard InChI is InChI=1S/C19H16ClNO3/c1-11-5-4-6-16(23-2)17(11)18-14-9-12(19(22)24-3)7-8-13(14)15(20)10-21-18/h4-10H,1-3H3. The minimum atomic E-state index is -0.403. The summed E-state index contributed by atoms with van der Waals surface area (Å²) in [6.07, 6.45) is 1.61. The summed E-state index contributed by atoms with van der Waals surface area (Å²) in [7, 11) is 2.98. The van der Waals surface area contributed by atoms with Gasteiger partial charge in [-0.3, -0.25) is 4.98 Å². The highest BCUT2D eigenvalue weighted by molar-refractivity contribution is 6.35. The topological polar surface area (TPSA) is 48.4 Å². The first kappa shape index (κ1) is 16.3. The van der Waals surface area contributed by atoms with Crippen molar-refractivity contribution in [3.8, 4) is 17.0 Å². The van der Waals surface area contributed by atoms with E-state index in [9.17, 15) is 4.79 Å². The van der Waals surface area contributed by atoms with Crippen molar-refractivity contribution in [3.63, 3.8) is 0 Å². The third-order valence-corrected chi connectivity index (χ3v) is 4.25. The summed E-state index contributed by atoms with van der Waals surface area (Å²) in [4.78, 5) is 16.4. The van der Waals surface area contributed by atoms with Gasteiger partial charge in [0.2, 0.25) is 0 Å². The first-order chi connectivity index (χ1) is 11.6. The van der Waals surface area contributed by atoms with E-state index < -0.39 is 5.97 Å². The van der Waals surface area contributed by atoms with E-state index in [1.54, 1.807) is 31.5 Å². The predicted molar refractivity (Wildman–Crippen MR) is 94.8 cm³/mol. The Morgan fingerprint density at radius 2 is 1.92 bits per heavy atom. The normalized spacial score (nSPS) is 10.7. The molecule has 0 aliphatic carbocycles. The molecule has 5 heteroatoms. The molecule has 1 aromatic heterocycles. The lowest BCUT2D eigenvalue weighted by Crippen LogP contribution is -2.01. The van der Waals surface area contributed by atoms with E-state index in [0.29, 0.717) is 10.6 Å². The van der Waals surface area contributed by atoms with Gasteiger partial charge in [-0.25, -0.2) is 4.79 Å². The van der Waals surface area contributed by atoms with Crippen molar-refractivity contribution in [3.05, 3.63) is 58.7 Å². The maximum atomic E-state index is 11.9. The number of halogens is 1. The molecule has 0 spiro atoms. The van der Waals surface area contributed by atoms with Crippen molar-refractivity contribution in [2.45, 2.75) is 6.92 Å². The number of aryl methyl sites for hydroxylation is 1. The monoisotopic (exact) mass is 341 g/mol. The van der Waals surface area contributed by atoms with Gasteiger partial charge >= 0.3 is 5.97 Å². The van der Waals surface area contributed by atoms with Crippen molar-refractivity contribution in [2.75, 3.05) is 14.2 Å². The number of ether oxygens (including phenoxy) is 2. The van der Waals surface area contributed by atoms with Gasteiger partial charge in [0.1, 0.15) is 5.75 Å². The number of hydrogen-bond acceptors (Lipinski definition) is 4. The summed E-state index contributed by atoms with van der Waals surface area (Å²) in [6, 6.07) is 11.1. The van der Waals surface area contributed by atoms with Crippen LogP contribution in [-0.4, -0.2) is 25.2 Å². The molecule has 122 valence electrons. The average molecular weight is 342 g/mol. The Balaban J connectivity index is 2.37. The highest BCUT2D eigenvalue weighted by Gasteiger charge is 2.17. The molecule has 0 saturated heterocycles. The molecule has 2 aromatic carbocycles. The fourth-order valence-electron chi connectivity index (χ4n) is 2.77. The Bertz CT molecular complexity index is 937. The molecule has 1 heterocycles. The van der Waals surface area contributed by atoms with E-state index in [0.717, 1.165) is 33.3 Å². The van der Waals surface area contributed by atoms with Crippen molar-refractivity contribution < 1.29 is 14.3 Å². The fourth-order valence-corrected chi connectivity index (χ4v) is 2.98. The van der Waals surface area contributed by atoms with Crippen molar-refractivity contribution in [2.24, 2.45) is 0 Å². The first-order valence-corrected chi connectivity index (χ1v) is 7.75. The zero-order chi connectivity index (χ0) is 17.3. The predicted octanol–water partition coefficient (Wildman–Crippen LogP) is 4.66. The summed E-state index contributed by atoms with van der Waals surface area (Å²) in [5, 5.41) is 2.12. The van der Waals surface area contributed by atoms with Gasteiger partial charge in [0.05, 0.1) is 30.5 Å². The molecule has 0 atom stereocenters. The van der Waals surface area contributed by atoms with Crippen LogP contribution in [0, 0.1) is 6.92 Å². The van der Waals surface area contributed by atoms with Crippen molar-refractivity contribution >= 4 is 28.3 Å². The molecule has 0 aliphatic rings. The molecule has 0 fully saturated rings. The smallest absolute Gasteiger partial charge is 0.337 e. The molecule has 0 radical (unpaired) electrons. The summed E-state index contributed by atoms with van der Waals surface area (Å²) < 4.78 is 10.3. The number of rotatable bonds is 3. The Kier molecular flexibility index (Phi) is 4.40. The lowest BCUT2D eigenvalue weighted by molar-refractivity contribution is 0.0601. The van der Waals surface area contributed by atoms with E-state index in [-0.39, 0.29) is 0 Å². The van der Waals surface area contributed by atoms with E-state index in [2.05, 4.69) is 4.98 Å². The third kappa shape index (κ3) is 2.69. The lowest BCUT2D eigenvalue weighted by Gasteiger charge is -2.14. The quantitative estimate of drug-likeness (QED) is 0.650. The van der Waals surface area contributed by atoms with Gasteiger partial charge in [-0.1, -0.05) is 29.8 Å². The highest BCUT2D eigenvalue weighted by atomic mass is 35.5. The first-order valence-electron chi connectivity index (χ1n) is 7.37.